The van der Waals surface area contributed by atoms with E-state index in [1.807, 2.05) is 11.9 Å². The zero-order valence-electron chi connectivity index (χ0n) is 7.04. The highest BCUT2D eigenvalue weighted by atomic mass is 35.5. The van der Waals surface area contributed by atoms with Gasteiger partial charge in [0.25, 0.3) is 0 Å². The third-order valence-electron chi connectivity index (χ3n) is 2.57. The van der Waals surface area contributed by atoms with E-state index in [0.29, 0.717) is 12.1 Å². The fourth-order valence-corrected chi connectivity index (χ4v) is 1.87. The molecule has 0 aliphatic carbocycles. The molecule has 0 aromatic rings. The van der Waals surface area contributed by atoms with Gasteiger partial charge in [-0.25, -0.2) is 4.79 Å². The van der Waals surface area contributed by atoms with Crippen molar-refractivity contribution in [3.63, 3.8) is 0 Å². The second-order valence-electron chi connectivity index (χ2n) is 3.23. The van der Waals surface area contributed by atoms with Gasteiger partial charge in [0.1, 0.15) is 0 Å². The molecule has 2 N–H and O–H groups in total. The van der Waals surface area contributed by atoms with Crippen molar-refractivity contribution in [1.82, 2.24) is 15.5 Å². The molecular weight excluding hydrogens is 178 g/mol. The number of fused-ring (bicyclic) bond motifs is 1. The van der Waals surface area contributed by atoms with Gasteiger partial charge in [0, 0.05) is 13.6 Å². The lowest BCUT2D eigenvalue weighted by Crippen LogP contribution is -2.48. The Labute approximate surface area is 78.1 Å². The number of amides is 2. The number of carbonyl (C=O) groups excluding carboxylic acids is 1. The van der Waals surface area contributed by atoms with Crippen LogP contribution in [0, 0.1) is 0 Å². The van der Waals surface area contributed by atoms with Crippen LogP contribution in [-0.2, 0) is 0 Å². The number of carbonyl (C=O) groups is 1. The Morgan fingerprint density at radius 1 is 1.58 bits per heavy atom. The van der Waals surface area contributed by atoms with E-state index in [9.17, 15) is 4.79 Å². The minimum absolute atomic E-state index is 0. The molecule has 0 unspecified atom stereocenters. The van der Waals surface area contributed by atoms with Gasteiger partial charge in [-0.1, -0.05) is 0 Å². The summed E-state index contributed by atoms with van der Waals surface area (Å²) >= 11 is 0. The molecule has 2 rings (SSSR count). The molecule has 0 radical (unpaired) electrons. The highest BCUT2D eigenvalue weighted by molar-refractivity contribution is 5.85. The summed E-state index contributed by atoms with van der Waals surface area (Å²) in [6.45, 7) is 1.95. The van der Waals surface area contributed by atoms with Crippen LogP contribution in [0.1, 0.15) is 6.42 Å². The molecule has 2 aliphatic rings. The maximum Gasteiger partial charge on any atom is 0.317 e. The number of hydrogen-bond acceptors (Lipinski definition) is 2. The topological polar surface area (TPSA) is 44.4 Å². The van der Waals surface area contributed by atoms with Gasteiger partial charge in [0.05, 0.1) is 12.1 Å². The number of nitrogens with one attached hydrogen (secondary N) is 2. The predicted molar refractivity (Wildman–Crippen MR) is 48.6 cm³/mol. The quantitative estimate of drug-likeness (QED) is 0.557. The number of halogens is 1. The van der Waals surface area contributed by atoms with Gasteiger partial charge < -0.3 is 15.5 Å². The first-order valence-corrected chi connectivity index (χ1v) is 4.03. The molecule has 2 amide bonds. The number of urea groups is 1. The van der Waals surface area contributed by atoms with E-state index >= 15 is 0 Å². The van der Waals surface area contributed by atoms with Gasteiger partial charge in [-0.05, 0) is 13.0 Å². The van der Waals surface area contributed by atoms with Crippen LogP contribution in [0.5, 0.6) is 0 Å². The van der Waals surface area contributed by atoms with Crippen LogP contribution >= 0.6 is 12.4 Å². The zero-order chi connectivity index (χ0) is 7.84. The molecule has 0 saturated carbocycles. The van der Waals surface area contributed by atoms with E-state index in [2.05, 4.69) is 10.6 Å². The maximum absolute atomic E-state index is 11.1. The van der Waals surface area contributed by atoms with Crippen molar-refractivity contribution in [2.45, 2.75) is 18.5 Å². The lowest BCUT2D eigenvalue weighted by atomic mass is 10.0. The molecule has 0 bridgehead atoms. The van der Waals surface area contributed by atoms with E-state index in [1.54, 1.807) is 0 Å². The van der Waals surface area contributed by atoms with Crippen molar-refractivity contribution in [2.24, 2.45) is 0 Å². The Hall–Kier alpha value is -0.480. The standard InChI is InChI=1S/C7H13N3O.ClH/c1-10-6-2-3-8-4-5(6)9-7(10)11;/h5-6,8H,2-4H2,1H3,(H,9,11);1H/t5-,6+;/m1./s1. The summed E-state index contributed by atoms with van der Waals surface area (Å²) < 4.78 is 0. The lowest BCUT2D eigenvalue weighted by Gasteiger charge is -2.27. The number of piperidine rings is 1. The van der Waals surface area contributed by atoms with Crippen molar-refractivity contribution < 1.29 is 4.79 Å². The Morgan fingerprint density at radius 3 is 3.00 bits per heavy atom. The van der Waals surface area contributed by atoms with Crippen LogP contribution in [0.3, 0.4) is 0 Å². The molecule has 2 fully saturated rings. The van der Waals surface area contributed by atoms with E-state index in [1.165, 1.54) is 0 Å². The Balaban J connectivity index is 0.000000720. The zero-order valence-corrected chi connectivity index (χ0v) is 7.86. The number of rotatable bonds is 0. The molecule has 2 saturated heterocycles. The smallest absolute Gasteiger partial charge is 0.317 e. The summed E-state index contributed by atoms with van der Waals surface area (Å²) in [5, 5.41) is 6.19. The fraction of sp³-hybridized carbons (Fsp3) is 0.857. The van der Waals surface area contributed by atoms with Crippen molar-refractivity contribution in [1.29, 1.82) is 0 Å². The van der Waals surface area contributed by atoms with Gasteiger partial charge in [-0.2, -0.15) is 0 Å². The summed E-state index contributed by atoms with van der Waals surface area (Å²) in [6, 6.07) is 0.827. The van der Waals surface area contributed by atoms with Gasteiger partial charge in [-0.3, -0.25) is 0 Å². The van der Waals surface area contributed by atoms with Gasteiger partial charge in [-0.15, -0.1) is 12.4 Å². The normalized spacial score (nSPS) is 33.8. The molecule has 0 aromatic heterocycles. The van der Waals surface area contributed by atoms with Crippen molar-refractivity contribution in [3.8, 4) is 0 Å². The van der Waals surface area contributed by atoms with Crippen molar-refractivity contribution in [3.05, 3.63) is 0 Å². The van der Waals surface area contributed by atoms with E-state index in [4.69, 9.17) is 0 Å². The third-order valence-corrected chi connectivity index (χ3v) is 2.57. The van der Waals surface area contributed by atoms with Crippen molar-refractivity contribution >= 4 is 18.4 Å². The second-order valence-corrected chi connectivity index (χ2v) is 3.23. The van der Waals surface area contributed by atoms with Crippen LogP contribution in [0.2, 0.25) is 0 Å². The molecule has 0 spiro atoms. The highest BCUT2D eigenvalue weighted by Crippen LogP contribution is 2.16. The minimum atomic E-state index is 0. The van der Waals surface area contributed by atoms with E-state index in [-0.39, 0.29) is 18.4 Å². The predicted octanol–water partition coefficient (Wildman–Crippen LogP) is -0.206. The second kappa shape index (κ2) is 3.49. The average Bonchev–Trinajstić information content (AvgIpc) is 2.30. The lowest BCUT2D eigenvalue weighted by molar-refractivity contribution is 0.210. The average molecular weight is 192 g/mol. The van der Waals surface area contributed by atoms with Crippen LogP contribution in [0.15, 0.2) is 0 Å². The van der Waals surface area contributed by atoms with E-state index < -0.39 is 0 Å². The molecule has 2 heterocycles. The fourth-order valence-electron chi connectivity index (χ4n) is 1.87. The molecule has 4 nitrogen and oxygen atoms in total. The Bertz CT molecular complexity index is 187. The first-order valence-electron chi connectivity index (χ1n) is 4.03. The summed E-state index contributed by atoms with van der Waals surface area (Å²) in [5.74, 6) is 0. The monoisotopic (exact) mass is 191 g/mol. The van der Waals surface area contributed by atoms with E-state index in [0.717, 1.165) is 19.5 Å². The SMILES string of the molecule is CN1C(=O)N[C@@H]2CNCC[C@@H]21.Cl. The molecular formula is C7H14ClN3O. The summed E-state index contributed by atoms with van der Waals surface area (Å²) in [5.41, 5.74) is 0. The molecule has 5 heteroatoms. The number of likely N-dealkylation sites (N-methyl/N-ethyl adjacent to an activating group) is 1. The number of nitrogens with zero attached hydrogens (tertiary/aromatic N) is 1. The largest absolute Gasteiger partial charge is 0.332 e. The van der Waals surface area contributed by atoms with Crippen LogP contribution in [0.25, 0.3) is 0 Å². The highest BCUT2D eigenvalue weighted by Gasteiger charge is 2.37. The molecule has 70 valence electrons. The molecule has 2 atom stereocenters. The minimum Gasteiger partial charge on any atom is -0.332 e. The first kappa shape index (κ1) is 9.61. The third kappa shape index (κ3) is 1.36. The van der Waals surface area contributed by atoms with Crippen molar-refractivity contribution in [2.75, 3.05) is 20.1 Å². The number of hydrogen-bond donors (Lipinski definition) is 2. The first-order chi connectivity index (χ1) is 5.29. The van der Waals surface area contributed by atoms with Gasteiger partial charge in [0.2, 0.25) is 0 Å². The Kier molecular flexibility index (Phi) is 2.80. The van der Waals surface area contributed by atoms with Crippen LogP contribution in [-0.4, -0.2) is 43.2 Å². The molecule has 2 aliphatic heterocycles. The summed E-state index contributed by atoms with van der Waals surface area (Å²) in [6.07, 6.45) is 1.07. The molecule has 12 heavy (non-hydrogen) atoms. The molecule has 0 aromatic carbocycles. The Morgan fingerprint density at radius 2 is 2.33 bits per heavy atom. The van der Waals surface area contributed by atoms with Gasteiger partial charge >= 0.3 is 6.03 Å². The van der Waals surface area contributed by atoms with Crippen LogP contribution < -0.4 is 10.6 Å². The summed E-state index contributed by atoms with van der Waals surface area (Å²) in [4.78, 5) is 12.9. The van der Waals surface area contributed by atoms with Crippen LogP contribution in [0.4, 0.5) is 4.79 Å². The summed E-state index contributed by atoms with van der Waals surface area (Å²) in [7, 11) is 1.87. The maximum atomic E-state index is 11.1. The van der Waals surface area contributed by atoms with Gasteiger partial charge in [0.15, 0.2) is 0 Å².